The summed E-state index contributed by atoms with van der Waals surface area (Å²) in [6.07, 6.45) is 8.69. The smallest absolute Gasteiger partial charge is 0.306 e. The van der Waals surface area contributed by atoms with Crippen LogP contribution >= 0.6 is 0 Å². The molecule has 198 valence electrons. The van der Waals surface area contributed by atoms with Gasteiger partial charge < -0.3 is 19.3 Å². The zero-order valence-electron chi connectivity index (χ0n) is 21.4. The number of methoxy groups -OCH3 is 1. The van der Waals surface area contributed by atoms with E-state index < -0.39 is 23.3 Å². The van der Waals surface area contributed by atoms with Gasteiger partial charge in [-0.25, -0.2) is 0 Å². The van der Waals surface area contributed by atoms with E-state index in [0.29, 0.717) is 44.9 Å². The lowest BCUT2D eigenvalue weighted by Crippen LogP contribution is -2.57. The average Bonchev–Trinajstić information content (AvgIpc) is 3.37. The van der Waals surface area contributed by atoms with Crippen molar-refractivity contribution in [1.29, 1.82) is 0 Å². The Balaban J connectivity index is 1.17. The maximum absolute atomic E-state index is 13.3. The Bertz CT molecular complexity index is 986. The van der Waals surface area contributed by atoms with Gasteiger partial charge in [0.15, 0.2) is 18.0 Å². The Hall–Kier alpha value is -2.06. The number of hydrogen-bond acceptors (Lipinski definition) is 8. The van der Waals surface area contributed by atoms with E-state index in [0.717, 1.165) is 25.7 Å². The van der Waals surface area contributed by atoms with Crippen LogP contribution < -0.4 is 0 Å². The van der Waals surface area contributed by atoms with E-state index in [-0.39, 0.29) is 53.7 Å². The van der Waals surface area contributed by atoms with Gasteiger partial charge in [-0.05, 0) is 74.2 Å². The van der Waals surface area contributed by atoms with Crippen molar-refractivity contribution in [3.8, 4) is 0 Å². The van der Waals surface area contributed by atoms with E-state index in [1.807, 2.05) is 6.08 Å². The molecule has 0 amide bonds. The molecule has 0 aromatic rings. The predicted octanol–water partition coefficient (Wildman–Crippen LogP) is 3.23. The number of hydrogen-bond donors (Lipinski definition) is 1. The van der Waals surface area contributed by atoms with Crippen LogP contribution in [0.2, 0.25) is 0 Å². The number of carbonyl (C=O) groups is 4. The third-order valence-corrected chi connectivity index (χ3v) is 10.1. The lowest BCUT2D eigenvalue weighted by molar-refractivity contribution is -0.149. The van der Waals surface area contributed by atoms with Gasteiger partial charge in [-0.3, -0.25) is 19.2 Å². The highest BCUT2D eigenvalue weighted by atomic mass is 16.6. The van der Waals surface area contributed by atoms with E-state index in [1.54, 1.807) is 0 Å². The zero-order chi connectivity index (χ0) is 25.7. The summed E-state index contributed by atoms with van der Waals surface area (Å²) in [6.45, 7) is 1.91. The largest absolute Gasteiger partial charge is 0.469 e. The molecule has 1 heterocycles. The quantitative estimate of drug-likeness (QED) is 0.290. The molecule has 3 saturated carbocycles. The van der Waals surface area contributed by atoms with E-state index in [4.69, 9.17) is 9.47 Å². The van der Waals surface area contributed by atoms with Gasteiger partial charge in [0.2, 0.25) is 5.78 Å². The summed E-state index contributed by atoms with van der Waals surface area (Å²) in [5.74, 6) is -0.145. The minimum absolute atomic E-state index is 0.0772. The van der Waals surface area contributed by atoms with Crippen LogP contribution in [-0.4, -0.2) is 59.6 Å². The molecule has 1 aliphatic heterocycles. The molecule has 1 spiro atoms. The van der Waals surface area contributed by atoms with Crippen LogP contribution in [0.5, 0.6) is 0 Å². The van der Waals surface area contributed by atoms with Crippen molar-refractivity contribution >= 4 is 23.5 Å². The maximum atomic E-state index is 13.3. The number of esters is 2. The second kappa shape index (κ2) is 9.35. The Morgan fingerprint density at radius 1 is 1.08 bits per heavy atom. The molecule has 0 bridgehead atoms. The minimum Gasteiger partial charge on any atom is -0.469 e. The number of epoxide rings is 1. The van der Waals surface area contributed by atoms with Gasteiger partial charge in [0.25, 0.3) is 0 Å². The molecule has 36 heavy (non-hydrogen) atoms. The first-order valence-electron chi connectivity index (χ1n) is 13.5. The number of fused-ring (bicyclic) bond motifs is 4. The van der Waals surface area contributed by atoms with Crippen LogP contribution in [0, 0.1) is 23.2 Å². The van der Waals surface area contributed by atoms with Crippen LogP contribution in [-0.2, 0) is 33.4 Å². The van der Waals surface area contributed by atoms with Crippen molar-refractivity contribution in [3.63, 3.8) is 0 Å². The Morgan fingerprint density at radius 2 is 1.83 bits per heavy atom. The SMILES string of the molecule is COC(=O)CCCCCC(=O)OCC(=O)C12CCC3C4CCC5=CC(=O)CCC5(C)C4C(O)CC31O2. The van der Waals surface area contributed by atoms with E-state index in [1.165, 1.54) is 12.7 Å². The van der Waals surface area contributed by atoms with Crippen LogP contribution in [0.1, 0.15) is 84.0 Å². The highest BCUT2D eigenvalue weighted by molar-refractivity contribution is 5.95. The summed E-state index contributed by atoms with van der Waals surface area (Å²) in [5, 5.41) is 11.4. The summed E-state index contributed by atoms with van der Waals surface area (Å²) in [5.41, 5.74) is -0.574. The molecule has 1 saturated heterocycles. The van der Waals surface area contributed by atoms with Crippen molar-refractivity contribution in [2.75, 3.05) is 13.7 Å². The number of aliphatic hydroxyl groups excluding tert-OH is 1. The van der Waals surface area contributed by atoms with E-state index in [9.17, 15) is 24.3 Å². The molecule has 0 aromatic heterocycles. The predicted molar refractivity (Wildman–Crippen MR) is 128 cm³/mol. The van der Waals surface area contributed by atoms with Crippen LogP contribution in [0.4, 0.5) is 0 Å². The molecule has 7 unspecified atom stereocenters. The molecule has 4 aliphatic carbocycles. The second-order valence-electron chi connectivity index (χ2n) is 11.7. The number of allylic oxidation sites excluding steroid dienone is 1. The first-order valence-corrected chi connectivity index (χ1v) is 13.5. The fourth-order valence-corrected chi connectivity index (χ4v) is 8.30. The molecule has 0 radical (unpaired) electrons. The number of unbranched alkanes of at least 4 members (excludes halogenated alkanes) is 2. The van der Waals surface area contributed by atoms with Crippen molar-refractivity contribution < 1.29 is 38.5 Å². The molecular weight excluding hydrogens is 464 g/mol. The summed E-state index contributed by atoms with van der Waals surface area (Å²) >= 11 is 0. The first-order chi connectivity index (χ1) is 17.2. The van der Waals surface area contributed by atoms with Gasteiger partial charge in [-0.15, -0.1) is 0 Å². The third-order valence-electron chi connectivity index (χ3n) is 10.1. The molecule has 8 heteroatoms. The minimum atomic E-state index is -0.941. The molecular formula is C28H38O8. The summed E-state index contributed by atoms with van der Waals surface area (Å²) in [6, 6.07) is 0. The highest BCUT2D eigenvalue weighted by Crippen LogP contribution is 2.73. The number of Topliss-reactive ketones (excluding diaryl/α,β-unsaturated/α-hetero) is 1. The number of ketones is 2. The molecule has 8 nitrogen and oxygen atoms in total. The van der Waals surface area contributed by atoms with Crippen molar-refractivity contribution in [1.82, 2.24) is 0 Å². The van der Waals surface area contributed by atoms with Crippen LogP contribution in [0.15, 0.2) is 11.6 Å². The average molecular weight is 503 g/mol. The zero-order valence-corrected chi connectivity index (χ0v) is 21.4. The molecule has 4 fully saturated rings. The Morgan fingerprint density at radius 3 is 2.58 bits per heavy atom. The lowest BCUT2D eigenvalue weighted by Gasteiger charge is -2.56. The van der Waals surface area contributed by atoms with Crippen LogP contribution in [0.25, 0.3) is 0 Å². The van der Waals surface area contributed by atoms with Gasteiger partial charge in [-0.2, -0.15) is 0 Å². The van der Waals surface area contributed by atoms with E-state index >= 15 is 0 Å². The molecule has 7 atom stereocenters. The number of aliphatic hydroxyl groups is 1. The number of carbonyl (C=O) groups excluding carboxylic acids is 4. The normalized spacial score (nSPS) is 40.2. The topological polar surface area (TPSA) is 120 Å². The van der Waals surface area contributed by atoms with Crippen molar-refractivity contribution in [2.24, 2.45) is 23.2 Å². The van der Waals surface area contributed by atoms with Crippen molar-refractivity contribution in [2.45, 2.75) is 101 Å². The fraction of sp³-hybridized carbons (Fsp3) is 0.786. The fourth-order valence-electron chi connectivity index (χ4n) is 8.30. The second-order valence-corrected chi connectivity index (χ2v) is 11.7. The van der Waals surface area contributed by atoms with Crippen molar-refractivity contribution in [3.05, 3.63) is 11.6 Å². The Kier molecular flexibility index (Phi) is 6.65. The van der Waals surface area contributed by atoms with E-state index in [2.05, 4.69) is 11.7 Å². The monoisotopic (exact) mass is 502 g/mol. The first kappa shape index (κ1) is 25.6. The lowest BCUT2D eigenvalue weighted by atomic mass is 9.48. The van der Waals surface area contributed by atoms with Gasteiger partial charge in [0.1, 0.15) is 5.60 Å². The number of ether oxygens (including phenoxy) is 3. The maximum Gasteiger partial charge on any atom is 0.306 e. The van der Waals surface area contributed by atoms with Gasteiger partial charge in [0.05, 0.1) is 13.2 Å². The number of rotatable bonds is 9. The Labute approximate surface area is 212 Å². The summed E-state index contributed by atoms with van der Waals surface area (Å²) in [4.78, 5) is 48.6. The molecule has 0 aromatic carbocycles. The van der Waals surface area contributed by atoms with Crippen LogP contribution in [0.3, 0.4) is 0 Å². The van der Waals surface area contributed by atoms with Gasteiger partial charge >= 0.3 is 11.9 Å². The summed E-state index contributed by atoms with van der Waals surface area (Å²) in [7, 11) is 1.35. The molecule has 5 aliphatic rings. The molecule has 5 rings (SSSR count). The van der Waals surface area contributed by atoms with Gasteiger partial charge in [-0.1, -0.05) is 18.9 Å². The molecule has 1 N–H and O–H groups in total. The third kappa shape index (κ3) is 3.95. The highest BCUT2D eigenvalue weighted by Gasteiger charge is 2.83. The summed E-state index contributed by atoms with van der Waals surface area (Å²) < 4.78 is 16.2. The van der Waals surface area contributed by atoms with Gasteiger partial charge in [0, 0.05) is 25.7 Å². The standard InChI is InChI=1S/C28H38O8/c1-26-12-10-18(29)14-17(26)8-9-19-20-11-13-27(28(20,36-27)15-21(30)25(19)26)22(31)16-35-24(33)7-5-3-4-6-23(32)34-2/h14,19-21,25,30H,3-13,15-16H2,1-2H3.